The number of hydrogen-bond donors (Lipinski definition) is 0. The molecule has 2 fully saturated rings. The van der Waals surface area contributed by atoms with Gasteiger partial charge >= 0.3 is 144 Å². The molecule has 0 aromatic carbocycles. The molecule has 2 aliphatic rings. The monoisotopic (exact) mass is 540 g/mol. The van der Waals surface area contributed by atoms with Gasteiger partial charge in [0.25, 0.3) is 0 Å². The number of thiocarbonyl (C=S) groups is 2. The molecule has 0 spiro atoms. The SMILES string of the molecule is S=C([S][Sb]([I])[S]C(=S)N1CCCC1)N1CCCC1. The van der Waals surface area contributed by atoms with E-state index in [1.165, 1.54) is 25.7 Å². The average molecular weight is 541 g/mol. The predicted molar refractivity (Wildman–Crippen MR) is 102 cm³/mol. The Kier molecular flexibility index (Phi) is 7.71. The zero-order valence-corrected chi connectivity index (χ0v) is 18.0. The molecule has 2 heterocycles. The zero-order valence-electron chi connectivity index (χ0n) is 10.0. The molecule has 0 aromatic heterocycles. The predicted octanol–water partition coefficient (Wildman–Crippen LogP) is 3.63. The van der Waals surface area contributed by atoms with Gasteiger partial charge in [-0.25, -0.2) is 0 Å². The van der Waals surface area contributed by atoms with Crippen molar-refractivity contribution in [2.75, 3.05) is 26.2 Å². The van der Waals surface area contributed by atoms with Crippen molar-refractivity contribution in [3.05, 3.63) is 0 Å². The first-order valence-corrected chi connectivity index (χ1v) is 22.1. The summed E-state index contributed by atoms with van der Waals surface area (Å²) in [5.41, 5.74) is 0. The van der Waals surface area contributed by atoms with Crippen LogP contribution >= 0.6 is 60.6 Å². The van der Waals surface area contributed by atoms with Crippen molar-refractivity contribution in [1.82, 2.24) is 9.80 Å². The summed E-state index contributed by atoms with van der Waals surface area (Å²) >= 11 is 12.3. The zero-order chi connectivity index (χ0) is 13.0. The molecular weight excluding hydrogens is 525 g/mol. The quantitative estimate of drug-likeness (QED) is 0.298. The number of nitrogens with zero attached hydrogens (tertiary/aromatic N) is 2. The van der Waals surface area contributed by atoms with Crippen LogP contribution in [0.4, 0.5) is 0 Å². The summed E-state index contributed by atoms with van der Waals surface area (Å²) < 4.78 is 2.25. The number of halogens is 1. The molecule has 0 radical (unpaired) electrons. The van der Waals surface area contributed by atoms with Gasteiger partial charge in [0.2, 0.25) is 0 Å². The van der Waals surface area contributed by atoms with Crippen molar-refractivity contribution in [3.63, 3.8) is 0 Å². The molecule has 0 N–H and O–H groups in total. The second-order valence-electron chi connectivity index (χ2n) is 4.32. The molecule has 0 aliphatic carbocycles. The molecule has 18 heavy (non-hydrogen) atoms. The molecule has 102 valence electrons. The maximum absolute atomic E-state index is 5.54. The third-order valence-corrected chi connectivity index (χ3v) is 23.7. The Morgan fingerprint density at radius 1 is 0.833 bits per heavy atom. The summed E-state index contributed by atoms with van der Waals surface area (Å²) in [5, 5.41) is 0. The van der Waals surface area contributed by atoms with Crippen molar-refractivity contribution in [3.8, 4) is 0 Å². The topological polar surface area (TPSA) is 6.48 Å². The molecule has 8 heteroatoms. The average Bonchev–Trinajstić information content (AvgIpc) is 3.02. The molecule has 0 atom stereocenters. The van der Waals surface area contributed by atoms with Gasteiger partial charge < -0.3 is 0 Å². The summed E-state index contributed by atoms with van der Waals surface area (Å²) in [5.74, 6) is 0. The van der Waals surface area contributed by atoms with E-state index in [-0.39, 0.29) is 0 Å². The molecule has 0 saturated carbocycles. The van der Waals surface area contributed by atoms with Gasteiger partial charge in [-0.3, -0.25) is 0 Å². The number of likely N-dealkylation sites (tertiary alicyclic amines) is 2. The molecule has 2 aliphatic heterocycles. The fraction of sp³-hybridized carbons (Fsp3) is 0.800. The van der Waals surface area contributed by atoms with Crippen LogP contribution in [0.15, 0.2) is 0 Å². The van der Waals surface area contributed by atoms with Crippen molar-refractivity contribution in [2.24, 2.45) is 0 Å². The van der Waals surface area contributed by atoms with Gasteiger partial charge in [-0.15, -0.1) is 0 Å². The van der Waals surface area contributed by atoms with Crippen molar-refractivity contribution >= 4 is 82.7 Å². The van der Waals surface area contributed by atoms with Gasteiger partial charge in [-0.2, -0.15) is 0 Å². The summed E-state index contributed by atoms with van der Waals surface area (Å²) in [4.78, 5) is 4.74. The van der Waals surface area contributed by atoms with Gasteiger partial charge in [-0.05, 0) is 0 Å². The second-order valence-corrected chi connectivity index (χ2v) is 32.8. The van der Waals surface area contributed by atoms with Gasteiger partial charge in [0.15, 0.2) is 0 Å². The Labute approximate surface area is 142 Å². The van der Waals surface area contributed by atoms with E-state index >= 15 is 0 Å². The maximum atomic E-state index is 5.54. The first-order chi connectivity index (χ1) is 8.66. The minimum absolute atomic E-state index is 1.13. The van der Waals surface area contributed by atoms with E-state index in [1.54, 1.807) is 0 Å². The first-order valence-electron chi connectivity index (χ1n) is 6.06. The van der Waals surface area contributed by atoms with Crippen LogP contribution in [-0.2, 0) is 0 Å². The second kappa shape index (κ2) is 8.47. The van der Waals surface area contributed by atoms with Gasteiger partial charge in [0.1, 0.15) is 0 Å². The summed E-state index contributed by atoms with van der Waals surface area (Å²) in [6, 6.07) is 0. The fourth-order valence-electron chi connectivity index (χ4n) is 2.06. The Bertz CT molecular complexity index is 289. The Morgan fingerprint density at radius 2 is 1.17 bits per heavy atom. The van der Waals surface area contributed by atoms with Crippen LogP contribution in [-0.4, -0.2) is 58.0 Å². The Morgan fingerprint density at radius 3 is 1.50 bits per heavy atom. The van der Waals surface area contributed by atoms with E-state index in [0.29, 0.717) is 0 Å². The standard InChI is InChI=1S/2C5H9NS2.HI.Sb/c2*7-5(8)6-3-1-2-4-6;;/h2*1-4H2,(H,7,8);1H;/q;;;+3/p-3. The molecule has 0 bridgehead atoms. The summed E-state index contributed by atoms with van der Waals surface area (Å²) in [7, 11) is 3.92. The van der Waals surface area contributed by atoms with E-state index in [9.17, 15) is 0 Å². The molecule has 0 aromatic rings. The van der Waals surface area contributed by atoms with Crippen LogP contribution < -0.4 is 0 Å². The molecule has 2 saturated heterocycles. The minimum atomic E-state index is -1.44. The third kappa shape index (κ3) is 5.10. The Balaban J connectivity index is 1.71. The van der Waals surface area contributed by atoms with Gasteiger partial charge in [-0.1, -0.05) is 0 Å². The van der Waals surface area contributed by atoms with Crippen LogP contribution in [0.1, 0.15) is 25.7 Å². The van der Waals surface area contributed by atoms with Crippen molar-refractivity contribution in [2.45, 2.75) is 25.7 Å². The molecule has 0 unspecified atom stereocenters. The molecular formula is C10H16IN2S4Sb. The van der Waals surface area contributed by atoms with Crippen LogP contribution in [0, 0.1) is 0 Å². The molecule has 2 rings (SSSR count). The van der Waals surface area contributed by atoms with Crippen molar-refractivity contribution in [1.29, 1.82) is 0 Å². The van der Waals surface area contributed by atoms with Gasteiger partial charge in [0, 0.05) is 0 Å². The van der Waals surface area contributed by atoms with Crippen molar-refractivity contribution < 1.29 is 0 Å². The Hall–Kier alpha value is 2.03. The van der Waals surface area contributed by atoms with Gasteiger partial charge in [0.05, 0.1) is 0 Å². The van der Waals surface area contributed by atoms with Crippen LogP contribution in [0.25, 0.3) is 0 Å². The van der Waals surface area contributed by atoms with E-state index in [4.69, 9.17) is 24.4 Å². The van der Waals surface area contributed by atoms with E-state index in [0.717, 1.165) is 34.8 Å². The number of rotatable bonds is 2. The number of hydrogen-bond acceptors (Lipinski definition) is 4. The molecule has 0 amide bonds. The van der Waals surface area contributed by atoms with Crippen LogP contribution in [0.2, 0.25) is 0 Å². The molecule has 2 nitrogen and oxygen atoms in total. The van der Waals surface area contributed by atoms with Crippen LogP contribution in [0.3, 0.4) is 0 Å². The van der Waals surface area contributed by atoms with E-state index in [2.05, 4.69) is 28.3 Å². The normalized spacial score (nSPS) is 19.9. The summed E-state index contributed by atoms with van der Waals surface area (Å²) in [6.07, 6.45) is 5.22. The summed E-state index contributed by atoms with van der Waals surface area (Å²) in [6.45, 7) is 4.66. The van der Waals surface area contributed by atoms with E-state index < -0.39 is 13.4 Å². The van der Waals surface area contributed by atoms with E-state index in [1.807, 2.05) is 17.7 Å². The first kappa shape index (κ1) is 16.4. The van der Waals surface area contributed by atoms with Crippen LogP contribution in [0.5, 0.6) is 0 Å². The third-order valence-electron chi connectivity index (χ3n) is 3.03. The fourth-order valence-corrected chi connectivity index (χ4v) is 29.1.